The van der Waals surface area contributed by atoms with Gasteiger partial charge in [-0.2, -0.15) is 5.10 Å². The van der Waals surface area contributed by atoms with Crippen LogP contribution in [0.25, 0.3) is 0 Å². The summed E-state index contributed by atoms with van der Waals surface area (Å²) in [7, 11) is -1.66. The fourth-order valence-electron chi connectivity index (χ4n) is 2.10. The van der Waals surface area contributed by atoms with Gasteiger partial charge in [-0.25, -0.2) is 13.1 Å². The Bertz CT molecular complexity index is 684. The second-order valence-corrected chi connectivity index (χ2v) is 6.89. The molecule has 0 spiro atoms. The zero-order valence-corrected chi connectivity index (χ0v) is 13.4. The first-order valence-corrected chi connectivity index (χ1v) is 8.49. The maximum Gasteiger partial charge on any atom is 0.240 e. The zero-order chi connectivity index (χ0) is 15.5. The first-order valence-electron chi connectivity index (χ1n) is 7.00. The highest BCUT2D eigenvalue weighted by Crippen LogP contribution is 2.12. The summed E-state index contributed by atoms with van der Waals surface area (Å²) >= 11 is 0. The third kappa shape index (κ3) is 3.92. The second kappa shape index (κ2) is 6.41. The molecule has 0 atom stereocenters. The summed E-state index contributed by atoms with van der Waals surface area (Å²) in [6.07, 6.45) is 2.00. The fraction of sp³-hybridized carbons (Fsp3) is 0.400. The van der Waals surface area contributed by atoms with E-state index in [-0.39, 0.29) is 11.4 Å². The zero-order valence-electron chi connectivity index (χ0n) is 12.6. The average molecular weight is 307 g/mol. The molecule has 0 radical (unpaired) electrons. The first kappa shape index (κ1) is 15.7. The lowest BCUT2D eigenvalue weighted by Crippen LogP contribution is -2.23. The molecule has 114 valence electrons. The minimum atomic E-state index is -3.49. The van der Waals surface area contributed by atoms with Gasteiger partial charge in [0.25, 0.3) is 0 Å². The molecule has 1 N–H and O–H groups in total. The molecule has 0 saturated heterocycles. The Morgan fingerprint density at radius 2 is 1.90 bits per heavy atom. The average Bonchev–Trinajstić information content (AvgIpc) is 2.77. The van der Waals surface area contributed by atoms with E-state index in [1.165, 1.54) is 0 Å². The van der Waals surface area contributed by atoms with Crippen LogP contribution in [0.2, 0.25) is 0 Å². The molecule has 5 nitrogen and oxygen atoms in total. The normalized spacial score (nSPS) is 11.8. The summed E-state index contributed by atoms with van der Waals surface area (Å²) in [6, 6.07) is 8.90. The van der Waals surface area contributed by atoms with Gasteiger partial charge in [0.05, 0.1) is 17.1 Å². The van der Waals surface area contributed by atoms with Crippen molar-refractivity contribution in [1.82, 2.24) is 14.5 Å². The second-order valence-electron chi connectivity index (χ2n) is 5.12. The Kier molecular flexibility index (Phi) is 4.80. The van der Waals surface area contributed by atoms with Crippen LogP contribution in [0.1, 0.15) is 30.3 Å². The van der Waals surface area contributed by atoms with E-state index in [0.717, 1.165) is 24.1 Å². The molecule has 0 aliphatic heterocycles. The highest BCUT2D eigenvalue weighted by atomic mass is 32.2. The molecule has 21 heavy (non-hydrogen) atoms. The molecule has 1 aromatic heterocycles. The van der Waals surface area contributed by atoms with Crippen molar-refractivity contribution in [2.45, 2.75) is 38.1 Å². The molecule has 0 fully saturated rings. The van der Waals surface area contributed by atoms with Crippen LogP contribution in [0.15, 0.2) is 35.2 Å². The van der Waals surface area contributed by atoms with E-state index in [1.807, 2.05) is 32.2 Å². The Hall–Kier alpha value is -1.66. The van der Waals surface area contributed by atoms with E-state index in [0.29, 0.717) is 5.69 Å². The van der Waals surface area contributed by atoms with Crippen LogP contribution >= 0.6 is 0 Å². The van der Waals surface area contributed by atoms with E-state index in [9.17, 15) is 8.42 Å². The number of nitrogens with one attached hydrogen (secondary N) is 1. The van der Waals surface area contributed by atoms with Gasteiger partial charge in [-0.1, -0.05) is 25.5 Å². The number of sulfonamides is 1. The van der Waals surface area contributed by atoms with E-state index in [4.69, 9.17) is 0 Å². The lowest BCUT2D eigenvalue weighted by atomic mass is 10.1. The van der Waals surface area contributed by atoms with Crippen LogP contribution in [-0.2, 0) is 30.0 Å². The summed E-state index contributed by atoms with van der Waals surface area (Å²) in [4.78, 5) is 0.287. The van der Waals surface area contributed by atoms with Crippen LogP contribution in [0, 0.1) is 6.92 Å². The predicted molar refractivity (Wildman–Crippen MR) is 82.4 cm³/mol. The van der Waals surface area contributed by atoms with Gasteiger partial charge in [-0.05, 0) is 37.1 Å². The van der Waals surface area contributed by atoms with Crippen LogP contribution in [-0.4, -0.2) is 18.2 Å². The monoisotopic (exact) mass is 307 g/mol. The number of hydrogen-bond donors (Lipinski definition) is 1. The maximum absolute atomic E-state index is 12.2. The fourth-order valence-corrected chi connectivity index (χ4v) is 3.10. The van der Waals surface area contributed by atoms with Crippen molar-refractivity contribution in [3.05, 3.63) is 47.3 Å². The number of rotatable bonds is 6. The van der Waals surface area contributed by atoms with Gasteiger partial charge < -0.3 is 0 Å². The molecule has 2 rings (SSSR count). The number of benzene rings is 1. The lowest BCUT2D eigenvalue weighted by Gasteiger charge is -2.06. The molecule has 0 unspecified atom stereocenters. The van der Waals surface area contributed by atoms with E-state index >= 15 is 0 Å². The lowest BCUT2D eigenvalue weighted by molar-refractivity contribution is 0.579. The molecule has 1 heterocycles. The minimum absolute atomic E-state index is 0.195. The van der Waals surface area contributed by atoms with Crippen molar-refractivity contribution >= 4 is 10.0 Å². The molecule has 0 bridgehead atoms. The molecule has 0 aliphatic rings. The Morgan fingerprint density at radius 1 is 1.24 bits per heavy atom. The van der Waals surface area contributed by atoms with Gasteiger partial charge in [0.2, 0.25) is 10.0 Å². The number of aromatic nitrogens is 2. The largest absolute Gasteiger partial charge is 0.273 e. The van der Waals surface area contributed by atoms with Crippen LogP contribution < -0.4 is 4.72 Å². The van der Waals surface area contributed by atoms with Crippen molar-refractivity contribution in [3.63, 3.8) is 0 Å². The standard InChI is InChI=1S/C15H21N3O2S/c1-4-5-13-6-8-15(9-7-13)21(19,20)16-11-14-10-12(2)18(3)17-14/h6-10,16H,4-5,11H2,1-3H3. The summed E-state index contributed by atoms with van der Waals surface area (Å²) in [5.41, 5.74) is 2.85. The van der Waals surface area contributed by atoms with Crippen molar-refractivity contribution in [2.24, 2.45) is 7.05 Å². The Labute approximate surface area is 126 Å². The van der Waals surface area contributed by atoms with Gasteiger partial charge >= 0.3 is 0 Å². The van der Waals surface area contributed by atoms with Gasteiger partial charge in [-0.15, -0.1) is 0 Å². The van der Waals surface area contributed by atoms with Gasteiger partial charge in [0.1, 0.15) is 0 Å². The summed E-state index contributed by atoms with van der Waals surface area (Å²) in [5.74, 6) is 0. The Balaban J connectivity index is 2.07. The van der Waals surface area contributed by atoms with Gasteiger partial charge in [0.15, 0.2) is 0 Å². The molecule has 0 saturated carbocycles. The van der Waals surface area contributed by atoms with E-state index in [1.54, 1.807) is 16.8 Å². The first-order chi connectivity index (χ1) is 9.92. The molecular weight excluding hydrogens is 286 g/mol. The SMILES string of the molecule is CCCc1ccc(S(=O)(=O)NCc2cc(C)n(C)n2)cc1. The predicted octanol–water partition coefficient (Wildman–Crippen LogP) is 2.16. The highest BCUT2D eigenvalue weighted by Gasteiger charge is 2.14. The third-order valence-electron chi connectivity index (χ3n) is 3.38. The minimum Gasteiger partial charge on any atom is -0.273 e. The summed E-state index contributed by atoms with van der Waals surface area (Å²) < 4.78 is 28.7. The van der Waals surface area contributed by atoms with E-state index in [2.05, 4.69) is 16.7 Å². The molecule has 2 aromatic rings. The smallest absolute Gasteiger partial charge is 0.240 e. The molecule has 0 amide bonds. The number of aryl methyl sites for hydroxylation is 3. The highest BCUT2D eigenvalue weighted by molar-refractivity contribution is 7.89. The van der Waals surface area contributed by atoms with Crippen LogP contribution in [0.5, 0.6) is 0 Å². The van der Waals surface area contributed by atoms with Crippen LogP contribution in [0.4, 0.5) is 0 Å². The molecular formula is C15H21N3O2S. The maximum atomic E-state index is 12.2. The summed E-state index contributed by atoms with van der Waals surface area (Å²) in [6.45, 7) is 4.22. The Morgan fingerprint density at radius 3 is 2.43 bits per heavy atom. The van der Waals surface area contributed by atoms with Crippen molar-refractivity contribution in [2.75, 3.05) is 0 Å². The molecule has 6 heteroatoms. The van der Waals surface area contributed by atoms with Crippen LogP contribution in [0.3, 0.4) is 0 Å². The molecule has 1 aromatic carbocycles. The van der Waals surface area contributed by atoms with Crippen molar-refractivity contribution in [1.29, 1.82) is 0 Å². The molecule has 0 aliphatic carbocycles. The van der Waals surface area contributed by atoms with Gasteiger partial charge in [0, 0.05) is 12.7 Å². The van der Waals surface area contributed by atoms with Crippen molar-refractivity contribution in [3.8, 4) is 0 Å². The van der Waals surface area contributed by atoms with E-state index < -0.39 is 10.0 Å². The third-order valence-corrected chi connectivity index (χ3v) is 4.80. The topological polar surface area (TPSA) is 64.0 Å². The number of nitrogens with zero attached hydrogens (tertiary/aromatic N) is 2. The summed E-state index contributed by atoms with van der Waals surface area (Å²) in [5, 5.41) is 4.24. The quantitative estimate of drug-likeness (QED) is 0.889. The van der Waals surface area contributed by atoms with Gasteiger partial charge in [-0.3, -0.25) is 4.68 Å². The van der Waals surface area contributed by atoms with Crippen molar-refractivity contribution < 1.29 is 8.42 Å². The number of hydrogen-bond acceptors (Lipinski definition) is 3.